The highest BCUT2D eigenvalue weighted by Crippen LogP contribution is 2.65. The summed E-state index contributed by atoms with van der Waals surface area (Å²) < 4.78 is 10.2. The van der Waals surface area contributed by atoms with Crippen molar-refractivity contribution < 1.29 is 38.2 Å². The molecule has 246 valence electrons. The van der Waals surface area contributed by atoms with Crippen molar-refractivity contribution in [2.75, 3.05) is 19.7 Å². The lowest BCUT2D eigenvalue weighted by Crippen LogP contribution is -2.60. The van der Waals surface area contributed by atoms with Crippen LogP contribution in [0, 0.1) is 22.7 Å². The molecule has 0 aromatic carbocycles. The highest BCUT2D eigenvalue weighted by atomic mass is 16.6. The number of rotatable bonds is 13. The molecule has 5 atom stereocenters. The van der Waals surface area contributed by atoms with Gasteiger partial charge in [-0.2, -0.15) is 0 Å². The highest BCUT2D eigenvalue weighted by molar-refractivity contribution is 6.38. The first-order valence-electron chi connectivity index (χ1n) is 15.1. The molecule has 4 amide bonds. The van der Waals surface area contributed by atoms with Crippen LogP contribution in [0.15, 0.2) is 24.8 Å². The third-order valence-corrected chi connectivity index (χ3v) is 7.97. The summed E-state index contributed by atoms with van der Waals surface area (Å²) in [5, 5.41) is 7.86. The SMILES string of the molecule is C=CCCC(NC(=O)C1C2C(CN1C(=O)[C@@H](NC(=O)OC(C)(C)C)C(C)(C)C)C2(C)C)C(=O)C(=O)NC/C=C/C(=O)OCC. The van der Waals surface area contributed by atoms with Gasteiger partial charge in [0.1, 0.15) is 17.7 Å². The lowest BCUT2D eigenvalue weighted by atomic mass is 9.85. The first-order chi connectivity index (χ1) is 20.3. The van der Waals surface area contributed by atoms with Gasteiger partial charge in [-0.1, -0.05) is 46.8 Å². The van der Waals surface area contributed by atoms with Gasteiger partial charge in [-0.05, 0) is 63.2 Å². The van der Waals surface area contributed by atoms with Gasteiger partial charge in [0, 0.05) is 19.2 Å². The van der Waals surface area contributed by atoms with E-state index in [0.717, 1.165) is 6.08 Å². The zero-order valence-corrected chi connectivity index (χ0v) is 27.6. The molecule has 0 radical (unpaired) electrons. The van der Waals surface area contributed by atoms with Crippen LogP contribution < -0.4 is 16.0 Å². The first kappa shape index (κ1) is 36.5. The second-order valence-electron chi connectivity index (χ2n) is 14.0. The zero-order chi connectivity index (χ0) is 33.6. The number of allylic oxidation sites excluding steroid dienone is 1. The van der Waals surface area contributed by atoms with Gasteiger partial charge in [-0.25, -0.2) is 9.59 Å². The van der Waals surface area contributed by atoms with E-state index in [0.29, 0.717) is 13.0 Å². The van der Waals surface area contributed by atoms with E-state index in [1.165, 1.54) is 11.0 Å². The minimum Gasteiger partial charge on any atom is -0.463 e. The van der Waals surface area contributed by atoms with Crippen LogP contribution >= 0.6 is 0 Å². The fourth-order valence-corrected chi connectivity index (χ4v) is 5.61. The third kappa shape index (κ3) is 9.40. The molecule has 12 heteroatoms. The summed E-state index contributed by atoms with van der Waals surface area (Å²) in [5.41, 5.74) is -1.69. The average Bonchev–Trinajstić information content (AvgIpc) is 3.21. The second kappa shape index (κ2) is 14.4. The van der Waals surface area contributed by atoms with Crippen LogP contribution in [0.1, 0.15) is 75.2 Å². The Morgan fingerprint density at radius 1 is 1.05 bits per heavy atom. The van der Waals surface area contributed by atoms with E-state index < -0.39 is 64.7 Å². The number of piperidine rings is 1. The Balaban J connectivity index is 2.25. The number of hydrogen-bond acceptors (Lipinski definition) is 8. The van der Waals surface area contributed by atoms with Gasteiger partial charge >= 0.3 is 12.1 Å². The van der Waals surface area contributed by atoms with Crippen molar-refractivity contribution in [3.05, 3.63) is 24.8 Å². The van der Waals surface area contributed by atoms with E-state index in [1.54, 1.807) is 33.8 Å². The number of alkyl carbamates (subject to hydrolysis) is 1. The first-order valence-corrected chi connectivity index (χ1v) is 15.1. The minimum absolute atomic E-state index is 0.0566. The molecule has 0 aromatic heterocycles. The Morgan fingerprint density at radius 2 is 1.68 bits per heavy atom. The van der Waals surface area contributed by atoms with Gasteiger partial charge in [0.25, 0.3) is 5.91 Å². The van der Waals surface area contributed by atoms with Gasteiger partial charge in [-0.3, -0.25) is 19.2 Å². The Labute approximate surface area is 260 Å². The van der Waals surface area contributed by atoms with E-state index in [-0.39, 0.29) is 36.8 Å². The van der Waals surface area contributed by atoms with Crippen molar-refractivity contribution in [1.29, 1.82) is 0 Å². The Bertz CT molecular complexity index is 1160. The lowest BCUT2D eigenvalue weighted by molar-refractivity contribution is -0.145. The Hall–Kier alpha value is -3.70. The molecule has 1 aliphatic heterocycles. The number of nitrogens with one attached hydrogen (secondary N) is 3. The topological polar surface area (TPSA) is 160 Å². The molecular formula is C32H50N4O8. The molecule has 4 unspecified atom stereocenters. The quantitative estimate of drug-likeness (QED) is 0.123. The van der Waals surface area contributed by atoms with Crippen LogP contribution in [0.5, 0.6) is 0 Å². The molecule has 0 bridgehead atoms. The summed E-state index contributed by atoms with van der Waals surface area (Å²) in [6, 6.07) is -3.05. The van der Waals surface area contributed by atoms with Crippen LogP contribution in [0.3, 0.4) is 0 Å². The molecule has 2 fully saturated rings. The number of ether oxygens (including phenoxy) is 2. The van der Waals surface area contributed by atoms with Crippen molar-refractivity contribution in [2.45, 2.75) is 98.9 Å². The summed E-state index contributed by atoms with van der Waals surface area (Å²) in [5.74, 6) is -3.43. The molecule has 12 nitrogen and oxygen atoms in total. The Kier molecular flexibility index (Phi) is 11.9. The molecule has 0 aromatic rings. The van der Waals surface area contributed by atoms with Gasteiger partial charge < -0.3 is 30.3 Å². The zero-order valence-electron chi connectivity index (χ0n) is 27.6. The fraction of sp³-hybridized carbons (Fsp3) is 0.688. The molecule has 3 N–H and O–H groups in total. The largest absolute Gasteiger partial charge is 0.463 e. The number of carbonyl (C=O) groups excluding carboxylic acids is 6. The van der Waals surface area contributed by atoms with Gasteiger partial charge in [0.05, 0.1) is 12.6 Å². The van der Waals surface area contributed by atoms with E-state index in [2.05, 4.69) is 22.5 Å². The maximum Gasteiger partial charge on any atom is 0.408 e. The minimum atomic E-state index is -1.16. The van der Waals surface area contributed by atoms with E-state index in [1.807, 2.05) is 34.6 Å². The van der Waals surface area contributed by atoms with Gasteiger partial charge in [0.15, 0.2) is 0 Å². The molecule has 0 spiro atoms. The number of hydrogen-bond donors (Lipinski definition) is 3. The second-order valence-corrected chi connectivity index (χ2v) is 14.0. The van der Waals surface area contributed by atoms with Crippen LogP contribution in [-0.4, -0.2) is 83.9 Å². The summed E-state index contributed by atoms with van der Waals surface area (Å²) in [4.78, 5) is 79.3. The third-order valence-electron chi connectivity index (χ3n) is 7.97. The number of likely N-dealkylation sites (tertiary alicyclic amines) is 1. The molecular weight excluding hydrogens is 568 g/mol. The van der Waals surface area contributed by atoms with Crippen molar-refractivity contribution >= 4 is 35.6 Å². The standard InChI is InChI=1S/C32H50N4O8/c1-11-13-15-20(24(38)27(40)33-17-14-16-21(37)43-12-2)34-26(39)23-22-19(32(22,9)10)18-36(23)28(41)25(30(3,4)5)35-29(42)44-31(6,7)8/h11,14,16,19-20,22-23,25H,1,12-13,15,17-18H2,2-10H3,(H,33,40)(H,34,39)(H,35,42)/b16-14+/t19?,20?,22?,23?,25-/m1/s1. The molecule has 2 rings (SSSR count). The predicted molar refractivity (Wildman–Crippen MR) is 164 cm³/mol. The summed E-state index contributed by atoms with van der Waals surface area (Å²) in [7, 11) is 0. The fourth-order valence-electron chi connectivity index (χ4n) is 5.61. The van der Waals surface area contributed by atoms with Crippen molar-refractivity contribution in [3.8, 4) is 0 Å². The predicted octanol–water partition coefficient (Wildman–Crippen LogP) is 2.66. The highest BCUT2D eigenvalue weighted by Gasteiger charge is 2.70. The number of Topliss-reactive ketones (excluding diaryl/α,β-unsaturated/α-hetero) is 1. The lowest BCUT2D eigenvalue weighted by Gasteiger charge is -2.38. The van der Waals surface area contributed by atoms with Crippen molar-refractivity contribution in [3.63, 3.8) is 0 Å². The molecule has 2 aliphatic rings. The summed E-state index contributed by atoms with van der Waals surface area (Å²) in [6.45, 7) is 20.4. The van der Waals surface area contributed by atoms with E-state index in [9.17, 15) is 28.8 Å². The number of esters is 1. The molecule has 44 heavy (non-hydrogen) atoms. The normalized spacial score (nSPS) is 21.8. The smallest absolute Gasteiger partial charge is 0.408 e. The average molecular weight is 619 g/mol. The molecule has 1 saturated heterocycles. The number of nitrogens with zero attached hydrogens (tertiary/aromatic N) is 1. The molecule has 1 heterocycles. The van der Waals surface area contributed by atoms with Crippen LogP contribution in [0.25, 0.3) is 0 Å². The van der Waals surface area contributed by atoms with Gasteiger partial charge in [-0.15, -0.1) is 6.58 Å². The maximum atomic E-state index is 14.0. The van der Waals surface area contributed by atoms with E-state index in [4.69, 9.17) is 9.47 Å². The number of carbonyl (C=O) groups is 6. The van der Waals surface area contributed by atoms with Crippen LogP contribution in [0.4, 0.5) is 4.79 Å². The van der Waals surface area contributed by atoms with Crippen molar-refractivity contribution in [1.82, 2.24) is 20.9 Å². The van der Waals surface area contributed by atoms with E-state index >= 15 is 0 Å². The van der Waals surface area contributed by atoms with Crippen LogP contribution in [-0.2, 0) is 33.4 Å². The number of amides is 4. The Morgan fingerprint density at radius 3 is 2.23 bits per heavy atom. The van der Waals surface area contributed by atoms with Crippen molar-refractivity contribution in [2.24, 2.45) is 22.7 Å². The molecule has 1 saturated carbocycles. The monoisotopic (exact) mass is 618 g/mol. The number of ketones is 1. The van der Waals surface area contributed by atoms with Crippen LogP contribution in [0.2, 0.25) is 0 Å². The number of fused-ring (bicyclic) bond motifs is 1. The summed E-state index contributed by atoms with van der Waals surface area (Å²) in [6.07, 6.45) is 3.82. The van der Waals surface area contributed by atoms with Gasteiger partial charge in [0.2, 0.25) is 17.6 Å². The maximum absolute atomic E-state index is 14.0. The summed E-state index contributed by atoms with van der Waals surface area (Å²) >= 11 is 0. The molecule has 1 aliphatic carbocycles.